The largest absolute Gasteiger partial charge is 0.489 e. The number of halogens is 1. The van der Waals surface area contributed by atoms with E-state index in [1.54, 1.807) is 0 Å². The summed E-state index contributed by atoms with van der Waals surface area (Å²) in [4.78, 5) is 0. The van der Waals surface area contributed by atoms with Gasteiger partial charge in [0.15, 0.2) is 0 Å². The van der Waals surface area contributed by atoms with Gasteiger partial charge >= 0.3 is 9.24 Å². The highest BCUT2D eigenvalue weighted by Gasteiger charge is 2.63. The number of benzene rings is 2. The van der Waals surface area contributed by atoms with E-state index in [-0.39, 0.29) is 16.9 Å². The topological polar surface area (TPSA) is 65.0 Å². The molecule has 2 aromatic carbocycles. The van der Waals surface area contributed by atoms with E-state index in [1.165, 1.54) is 11.1 Å². The van der Waals surface area contributed by atoms with Crippen molar-refractivity contribution in [2.75, 3.05) is 0 Å². The highest BCUT2D eigenvalue weighted by Crippen LogP contribution is 2.60. The lowest BCUT2D eigenvalue weighted by Gasteiger charge is -2.51. The first-order valence-electron chi connectivity index (χ1n) is 10.4. The first-order valence-corrected chi connectivity index (χ1v) is 12.7. The van der Waals surface area contributed by atoms with Gasteiger partial charge < -0.3 is 9.47 Å². The van der Waals surface area contributed by atoms with Crippen LogP contribution in [0.4, 0.5) is 0 Å². The highest BCUT2D eigenvalue weighted by atomic mass is 35.7. The van der Waals surface area contributed by atoms with E-state index < -0.39 is 9.24 Å². The molecule has 1 saturated heterocycles. The molecular formula is C23H24ClNO4S. The van der Waals surface area contributed by atoms with Crippen LogP contribution >= 0.6 is 10.7 Å². The quantitative estimate of drug-likeness (QED) is 0.616. The summed E-state index contributed by atoms with van der Waals surface area (Å²) in [5.74, 6) is 1.11. The van der Waals surface area contributed by atoms with Crippen LogP contribution in [0.1, 0.15) is 55.2 Å². The average molecular weight is 446 g/mol. The number of hydrogen-bond acceptors (Lipinski definition) is 4. The molecule has 7 heteroatoms. The zero-order valence-electron chi connectivity index (χ0n) is 16.6. The van der Waals surface area contributed by atoms with Crippen LogP contribution in [-0.4, -0.2) is 19.9 Å². The van der Waals surface area contributed by atoms with Crippen LogP contribution in [0, 0.1) is 0 Å². The summed E-state index contributed by atoms with van der Waals surface area (Å²) in [6.45, 7) is 0.530. The summed E-state index contributed by atoms with van der Waals surface area (Å²) >= 11 is 0. The Hall–Kier alpha value is -2.05. The molecule has 2 atom stereocenters. The van der Waals surface area contributed by atoms with Gasteiger partial charge in [-0.25, -0.2) is 0 Å². The van der Waals surface area contributed by atoms with E-state index in [4.69, 9.17) is 20.2 Å². The van der Waals surface area contributed by atoms with Gasteiger partial charge in [-0.2, -0.15) is 8.42 Å². The number of rotatable bonds is 4. The molecule has 2 aliphatic carbocycles. The molecule has 3 aliphatic rings. The maximum Gasteiger partial charge on any atom is 0.342 e. The minimum atomic E-state index is -4.00. The Morgan fingerprint density at radius 2 is 1.87 bits per heavy atom. The Morgan fingerprint density at radius 1 is 1.07 bits per heavy atom. The molecule has 30 heavy (non-hydrogen) atoms. The van der Waals surface area contributed by atoms with Crippen molar-refractivity contribution >= 4 is 25.8 Å². The summed E-state index contributed by atoms with van der Waals surface area (Å²) in [6, 6.07) is 16.4. The van der Waals surface area contributed by atoms with Crippen molar-refractivity contribution in [3.63, 3.8) is 0 Å². The van der Waals surface area contributed by atoms with E-state index >= 15 is 0 Å². The molecule has 1 saturated carbocycles. The van der Waals surface area contributed by atoms with E-state index in [9.17, 15) is 8.42 Å². The predicted octanol–water partition coefficient (Wildman–Crippen LogP) is 5.06. The van der Waals surface area contributed by atoms with Gasteiger partial charge in [-0.1, -0.05) is 42.8 Å². The third-order valence-corrected chi connectivity index (χ3v) is 7.55. The first-order chi connectivity index (χ1) is 14.4. The van der Waals surface area contributed by atoms with Crippen LogP contribution in [0.5, 0.6) is 5.75 Å². The van der Waals surface area contributed by atoms with Crippen molar-refractivity contribution in [3.05, 3.63) is 65.2 Å². The molecule has 0 spiro atoms. The smallest absolute Gasteiger partial charge is 0.342 e. The first kappa shape index (κ1) is 19.9. The van der Waals surface area contributed by atoms with Gasteiger partial charge in [-0.05, 0) is 60.9 Å². The molecule has 2 aromatic rings. The van der Waals surface area contributed by atoms with Crippen LogP contribution in [0.2, 0.25) is 0 Å². The van der Waals surface area contributed by atoms with Crippen LogP contribution in [-0.2, 0) is 32.4 Å². The van der Waals surface area contributed by atoms with Crippen LogP contribution in [0.15, 0.2) is 52.9 Å². The number of fused-ring (bicyclic) bond motifs is 1. The molecule has 2 unspecified atom stereocenters. The van der Waals surface area contributed by atoms with Crippen LogP contribution in [0.3, 0.4) is 0 Å². The summed E-state index contributed by atoms with van der Waals surface area (Å²) < 4.78 is 39.1. The molecule has 0 aromatic heterocycles. The number of ether oxygens (including phenoxy) is 2. The highest BCUT2D eigenvalue weighted by molar-refractivity contribution is 8.12. The SMILES string of the molecule is O=S(=O)(Cl)N=C1CC23CCCCC2(CCc2cc(OCc4ccccc4)ccc23)O1. The van der Waals surface area contributed by atoms with Gasteiger partial charge in [0.05, 0.1) is 0 Å². The Morgan fingerprint density at radius 3 is 2.67 bits per heavy atom. The molecule has 0 amide bonds. The van der Waals surface area contributed by atoms with Gasteiger partial charge in [0.1, 0.15) is 18.0 Å². The Labute approximate surface area is 181 Å². The molecule has 1 aliphatic heterocycles. The minimum absolute atomic E-state index is 0.239. The summed E-state index contributed by atoms with van der Waals surface area (Å²) in [5, 5.41) is 0. The van der Waals surface area contributed by atoms with Crippen molar-refractivity contribution in [1.29, 1.82) is 0 Å². The fraction of sp³-hybridized carbons (Fsp3) is 0.435. The van der Waals surface area contributed by atoms with Gasteiger partial charge in [0.25, 0.3) is 0 Å². The van der Waals surface area contributed by atoms with Gasteiger partial charge in [-0.15, -0.1) is 4.40 Å². The minimum Gasteiger partial charge on any atom is -0.489 e. The molecular weight excluding hydrogens is 422 g/mol. The lowest BCUT2D eigenvalue weighted by atomic mass is 9.54. The molecule has 0 radical (unpaired) electrons. The Balaban J connectivity index is 1.48. The molecule has 0 N–H and O–H groups in total. The summed E-state index contributed by atoms with van der Waals surface area (Å²) in [7, 11) is 1.40. The normalized spacial score (nSPS) is 28.9. The number of aryl methyl sites for hydroxylation is 1. The third kappa shape index (κ3) is 3.40. The maximum absolute atomic E-state index is 11.6. The number of nitrogens with zero attached hydrogens (tertiary/aromatic N) is 1. The second-order valence-corrected chi connectivity index (χ2v) is 10.7. The van der Waals surface area contributed by atoms with Crippen LogP contribution < -0.4 is 4.74 Å². The summed E-state index contributed by atoms with van der Waals surface area (Å²) in [6.07, 6.45) is 6.26. The van der Waals surface area contributed by atoms with Crippen molar-refractivity contribution < 1.29 is 17.9 Å². The molecule has 1 heterocycles. The zero-order chi connectivity index (χ0) is 20.8. The van der Waals surface area contributed by atoms with E-state index in [2.05, 4.69) is 28.7 Å². The zero-order valence-corrected chi connectivity index (χ0v) is 18.2. The molecule has 5 rings (SSSR count). The Bertz CT molecular complexity index is 1100. The second-order valence-electron chi connectivity index (χ2n) is 8.55. The fourth-order valence-electron chi connectivity index (χ4n) is 5.70. The molecule has 5 nitrogen and oxygen atoms in total. The molecule has 158 valence electrons. The van der Waals surface area contributed by atoms with Crippen molar-refractivity contribution in [1.82, 2.24) is 0 Å². The average Bonchev–Trinajstić information content (AvgIpc) is 3.06. The third-order valence-electron chi connectivity index (χ3n) is 6.92. The van der Waals surface area contributed by atoms with E-state index in [0.29, 0.717) is 13.0 Å². The second kappa shape index (κ2) is 7.27. The van der Waals surface area contributed by atoms with Gasteiger partial charge in [0, 0.05) is 22.5 Å². The molecule has 0 bridgehead atoms. The lowest BCUT2D eigenvalue weighted by Crippen LogP contribution is -2.53. The van der Waals surface area contributed by atoms with Crippen molar-refractivity contribution in [2.24, 2.45) is 4.40 Å². The fourth-order valence-corrected chi connectivity index (χ4v) is 6.27. The Kier molecular flexibility index (Phi) is 4.82. The summed E-state index contributed by atoms with van der Waals surface area (Å²) in [5.41, 5.74) is 3.02. The van der Waals surface area contributed by atoms with Gasteiger partial charge in [-0.3, -0.25) is 0 Å². The maximum atomic E-state index is 11.6. The van der Waals surface area contributed by atoms with Gasteiger partial charge in [0.2, 0.25) is 5.90 Å². The monoisotopic (exact) mass is 445 g/mol. The van der Waals surface area contributed by atoms with Crippen molar-refractivity contribution in [3.8, 4) is 5.75 Å². The van der Waals surface area contributed by atoms with Crippen LogP contribution in [0.25, 0.3) is 0 Å². The molecule has 2 fully saturated rings. The van der Waals surface area contributed by atoms with E-state index in [0.717, 1.165) is 49.8 Å². The van der Waals surface area contributed by atoms with E-state index in [1.807, 2.05) is 24.3 Å². The number of hydrogen-bond donors (Lipinski definition) is 0. The predicted molar refractivity (Wildman–Crippen MR) is 116 cm³/mol. The van der Waals surface area contributed by atoms with Crippen molar-refractivity contribution in [2.45, 2.75) is 62.6 Å². The standard InChI is InChI=1S/C23H24ClNO4S/c24-30(26,27)25-21-15-22-11-4-5-12-23(22,29-21)13-10-18-14-19(8-9-20(18)22)28-16-17-6-2-1-3-7-17/h1-3,6-9,14H,4-5,10-13,15-16H2. The lowest BCUT2D eigenvalue weighted by molar-refractivity contribution is -0.0324.